The Bertz CT molecular complexity index is 1840. The topological polar surface area (TPSA) is 202 Å². The summed E-state index contributed by atoms with van der Waals surface area (Å²) in [6.45, 7) is 12.4. The SMILES string of the molecule is CCOc1nc(N)nc2c1ncn2C1O[C@H](COP(=O)(N[C@H](C(=O)OCC(C)(C)C)C(C)C)Oc2cccc3ccccc23)[C@@H](O)[C@@]1(C)O. The number of nitrogens with zero attached hydrogens (tertiary/aromatic N) is 4. The smallest absolute Gasteiger partial charge is 0.459 e. The van der Waals surface area contributed by atoms with Gasteiger partial charge in [-0.1, -0.05) is 71.0 Å². The van der Waals surface area contributed by atoms with Gasteiger partial charge in [-0.05, 0) is 36.6 Å². The number of ether oxygens (including phenoxy) is 3. The maximum Gasteiger partial charge on any atom is 0.459 e. The second-order valence-electron chi connectivity index (χ2n) is 13.7. The van der Waals surface area contributed by atoms with Crippen LogP contribution in [0.25, 0.3) is 21.9 Å². The van der Waals surface area contributed by atoms with E-state index in [4.69, 9.17) is 29.0 Å². The lowest BCUT2D eigenvalue weighted by molar-refractivity contribution is -0.149. The summed E-state index contributed by atoms with van der Waals surface area (Å²) in [6.07, 6.45) is -2.63. The highest BCUT2D eigenvalue weighted by atomic mass is 31.2. The van der Waals surface area contributed by atoms with Crippen LogP contribution in [0.5, 0.6) is 11.6 Å². The Hall–Kier alpha value is -3.85. The number of aliphatic hydroxyl groups excluding tert-OH is 1. The molecule has 6 atom stereocenters. The van der Waals surface area contributed by atoms with Gasteiger partial charge in [0.1, 0.15) is 29.6 Å². The molecule has 0 radical (unpaired) electrons. The average Bonchev–Trinajstić information content (AvgIpc) is 3.54. The van der Waals surface area contributed by atoms with Crippen LogP contribution in [-0.4, -0.2) is 79.4 Å². The van der Waals surface area contributed by atoms with Crippen LogP contribution in [0.3, 0.4) is 0 Å². The van der Waals surface area contributed by atoms with E-state index in [1.807, 2.05) is 45.0 Å². The lowest BCUT2D eigenvalue weighted by Gasteiger charge is -2.29. The highest BCUT2D eigenvalue weighted by Gasteiger charge is 2.54. The summed E-state index contributed by atoms with van der Waals surface area (Å²) in [5.41, 5.74) is 4.19. The number of carbonyl (C=O) groups excluding carboxylic acids is 1. The van der Waals surface area contributed by atoms with E-state index in [0.29, 0.717) is 12.0 Å². The molecular weight excluding hydrogens is 655 g/mol. The van der Waals surface area contributed by atoms with Crippen LogP contribution in [0.2, 0.25) is 0 Å². The van der Waals surface area contributed by atoms with Crippen LogP contribution in [0.4, 0.5) is 5.95 Å². The molecule has 15 nitrogen and oxygen atoms in total. The Labute approximate surface area is 284 Å². The molecule has 5 rings (SSSR count). The molecular formula is C33H45N6O9P. The van der Waals surface area contributed by atoms with Gasteiger partial charge in [0, 0.05) is 5.39 Å². The van der Waals surface area contributed by atoms with Gasteiger partial charge in [-0.15, -0.1) is 0 Å². The van der Waals surface area contributed by atoms with E-state index in [1.165, 1.54) is 17.8 Å². The number of nitrogens with one attached hydrogen (secondary N) is 1. The fourth-order valence-corrected chi connectivity index (χ4v) is 7.07. The minimum atomic E-state index is -4.43. The molecule has 0 saturated carbocycles. The second-order valence-corrected chi connectivity index (χ2v) is 15.4. The van der Waals surface area contributed by atoms with Crippen molar-refractivity contribution in [2.45, 2.75) is 78.5 Å². The number of nitrogen functional groups attached to an aromatic ring is 1. The number of anilines is 1. The lowest BCUT2D eigenvalue weighted by Crippen LogP contribution is -2.45. The molecule has 16 heteroatoms. The van der Waals surface area contributed by atoms with Crippen LogP contribution in [0, 0.1) is 11.3 Å². The van der Waals surface area contributed by atoms with Gasteiger partial charge in [0.2, 0.25) is 11.8 Å². The van der Waals surface area contributed by atoms with E-state index in [0.717, 1.165) is 5.39 Å². The summed E-state index contributed by atoms with van der Waals surface area (Å²) in [5.74, 6) is -0.710. The molecule has 1 aliphatic rings. The summed E-state index contributed by atoms with van der Waals surface area (Å²) in [4.78, 5) is 26.0. The maximum atomic E-state index is 14.7. The van der Waals surface area contributed by atoms with Crippen molar-refractivity contribution in [2.75, 3.05) is 25.6 Å². The van der Waals surface area contributed by atoms with Crippen molar-refractivity contribution in [3.05, 3.63) is 48.8 Å². The molecule has 0 aliphatic carbocycles. The number of carbonyl (C=O) groups is 1. The molecule has 0 bridgehead atoms. The summed E-state index contributed by atoms with van der Waals surface area (Å²) in [5, 5.41) is 27.1. The van der Waals surface area contributed by atoms with Gasteiger partial charge in [0.05, 0.1) is 26.1 Å². The molecule has 49 heavy (non-hydrogen) atoms. The summed E-state index contributed by atoms with van der Waals surface area (Å²) in [7, 11) is -4.43. The van der Waals surface area contributed by atoms with Gasteiger partial charge >= 0.3 is 13.7 Å². The van der Waals surface area contributed by atoms with Crippen LogP contribution in [-0.2, 0) is 23.4 Å². The Kier molecular flexibility index (Phi) is 10.5. The number of benzene rings is 2. The molecule has 5 N–H and O–H groups in total. The molecule has 1 aliphatic heterocycles. The average molecular weight is 701 g/mol. The van der Waals surface area contributed by atoms with Crippen molar-refractivity contribution in [3.8, 4) is 11.6 Å². The first-order valence-electron chi connectivity index (χ1n) is 16.1. The molecule has 1 saturated heterocycles. The molecule has 2 aromatic carbocycles. The lowest BCUT2D eigenvalue weighted by atomic mass is 9.96. The fraction of sp³-hybridized carbons (Fsp3) is 0.515. The van der Waals surface area contributed by atoms with Gasteiger partial charge in [-0.2, -0.15) is 15.1 Å². The van der Waals surface area contributed by atoms with Gasteiger partial charge in [-0.25, -0.2) is 9.55 Å². The first-order valence-corrected chi connectivity index (χ1v) is 17.6. The molecule has 0 spiro atoms. The number of hydrogen-bond acceptors (Lipinski definition) is 13. The van der Waals surface area contributed by atoms with Crippen molar-refractivity contribution in [1.82, 2.24) is 24.6 Å². The van der Waals surface area contributed by atoms with Crippen LogP contribution >= 0.6 is 7.75 Å². The third-order valence-corrected chi connectivity index (χ3v) is 9.46. The van der Waals surface area contributed by atoms with Gasteiger partial charge in [0.15, 0.2) is 17.4 Å². The van der Waals surface area contributed by atoms with E-state index in [-0.39, 0.29) is 46.7 Å². The molecule has 2 aromatic heterocycles. The largest absolute Gasteiger partial charge is 0.476 e. The van der Waals surface area contributed by atoms with Gasteiger partial charge < -0.3 is 34.7 Å². The molecule has 4 aromatic rings. The fourth-order valence-electron chi connectivity index (χ4n) is 5.38. The van der Waals surface area contributed by atoms with Crippen LogP contribution < -0.4 is 20.1 Å². The normalized spacial score (nSPS) is 23.1. The number of imidazole rings is 1. The van der Waals surface area contributed by atoms with E-state index < -0.39 is 50.4 Å². The number of aromatic nitrogens is 4. The van der Waals surface area contributed by atoms with Gasteiger partial charge in [0.25, 0.3) is 0 Å². The zero-order chi connectivity index (χ0) is 35.7. The molecule has 3 heterocycles. The van der Waals surface area contributed by atoms with Crippen molar-refractivity contribution in [3.63, 3.8) is 0 Å². The van der Waals surface area contributed by atoms with E-state index in [2.05, 4.69) is 20.0 Å². The highest BCUT2D eigenvalue weighted by molar-refractivity contribution is 7.52. The Morgan fingerprint density at radius 3 is 2.59 bits per heavy atom. The third kappa shape index (κ3) is 7.98. The molecule has 0 amide bonds. The maximum absolute atomic E-state index is 14.7. The predicted molar refractivity (Wildman–Crippen MR) is 182 cm³/mol. The van der Waals surface area contributed by atoms with Crippen molar-refractivity contribution in [2.24, 2.45) is 11.3 Å². The Morgan fingerprint density at radius 1 is 1.18 bits per heavy atom. The van der Waals surface area contributed by atoms with E-state index in [9.17, 15) is 19.6 Å². The van der Waals surface area contributed by atoms with Crippen molar-refractivity contribution in [1.29, 1.82) is 0 Å². The quantitative estimate of drug-likeness (QED) is 0.113. The number of hydrogen-bond donors (Lipinski definition) is 4. The monoisotopic (exact) mass is 700 g/mol. The van der Waals surface area contributed by atoms with Crippen molar-refractivity contribution >= 4 is 41.6 Å². The minimum absolute atomic E-state index is 0.0888. The predicted octanol–water partition coefficient (Wildman–Crippen LogP) is 4.38. The first-order chi connectivity index (χ1) is 23.0. The summed E-state index contributed by atoms with van der Waals surface area (Å²) < 4.78 is 45.4. The van der Waals surface area contributed by atoms with Gasteiger partial charge in [-0.3, -0.25) is 13.9 Å². The number of aliphatic hydroxyl groups is 2. The second kappa shape index (κ2) is 14.2. The Morgan fingerprint density at radius 2 is 1.90 bits per heavy atom. The molecule has 2 unspecified atom stereocenters. The van der Waals surface area contributed by atoms with E-state index in [1.54, 1.807) is 39.0 Å². The number of fused-ring (bicyclic) bond motifs is 2. The van der Waals surface area contributed by atoms with Crippen molar-refractivity contribution < 1.29 is 42.8 Å². The molecule has 1 fully saturated rings. The van der Waals surface area contributed by atoms with E-state index >= 15 is 0 Å². The zero-order valence-corrected chi connectivity index (χ0v) is 29.6. The number of rotatable bonds is 13. The van der Waals surface area contributed by atoms with Crippen LogP contribution in [0.15, 0.2) is 48.8 Å². The number of esters is 1. The Balaban J connectivity index is 1.44. The highest BCUT2D eigenvalue weighted by Crippen LogP contribution is 2.49. The van der Waals surface area contributed by atoms with Crippen LogP contribution in [0.1, 0.15) is 54.7 Å². The number of nitrogens with two attached hydrogens (primary N) is 1. The first kappa shape index (κ1) is 36.4. The summed E-state index contributed by atoms with van der Waals surface area (Å²) >= 11 is 0. The summed E-state index contributed by atoms with van der Waals surface area (Å²) in [6, 6.07) is 11.5. The minimum Gasteiger partial charge on any atom is -0.476 e. The molecule has 266 valence electrons. The third-order valence-electron chi connectivity index (χ3n) is 7.94. The standard InChI is InChI=1S/C33H45N6O9P/c1-8-44-28-25-27(36-31(34)37-28)39(18-35-25)30-33(7,42)26(40)23(47-30)16-46-49(43,38-24(19(2)3)29(41)45-17-32(4,5)6)48-22-15-11-13-20-12-9-10-14-21(20)22/h9-15,18-19,23-24,26,30,40,42H,8,16-17H2,1-7H3,(H,38,43)(H2,34,36,37)/t23-,24+,26-,30?,33-,49?/m1/s1. The zero-order valence-electron chi connectivity index (χ0n) is 28.7.